The third-order valence-electron chi connectivity index (χ3n) is 6.67. The SMILES string of the molecule is CCNC(CCCC(C)C)CC12CC3CC(CC(C3)C1)C2. The van der Waals surface area contributed by atoms with Crippen LogP contribution in [0, 0.1) is 29.1 Å². The first-order chi connectivity index (χ1) is 10.1. The van der Waals surface area contributed by atoms with E-state index < -0.39 is 0 Å². The highest BCUT2D eigenvalue weighted by Crippen LogP contribution is 2.61. The summed E-state index contributed by atoms with van der Waals surface area (Å²) in [5.74, 6) is 4.18. The fraction of sp³-hybridized carbons (Fsp3) is 1.00. The third kappa shape index (κ3) is 3.84. The molecule has 4 rings (SSSR count). The van der Waals surface area contributed by atoms with E-state index in [-0.39, 0.29) is 0 Å². The predicted octanol–water partition coefficient (Wildman–Crippen LogP) is 5.40. The Kier molecular flexibility index (Phi) is 4.98. The Morgan fingerprint density at radius 2 is 1.52 bits per heavy atom. The van der Waals surface area contributed by atoms with Gasteiger partial charge in [0, 0.05) is 6.04 Å². The molecule has 4 fully saturated rings. The van der Waals surface area contributed by atoms with Gasteiger partial charge in [0.2, 0.25) is 0 Å². The Morgan fingerprint density at radius 3 is 2.00 bits per heavy atom. The smallest absolute Gasteiger partial charge is 0.00722 e. The van der Waals surface area contributed by atoms with Gasteiger partial charge in [-0.25, -0.2) is 0 Å². The quantitative estimate of drug-likeness (QED) is 0.631. The first-order valence-corrected chi connectivity index (χ1v) is 9.82. The first-order valence-electron chi connectivity index (χ1n) is 9.82. The average Bonchev–Trinajstić information content (AvgIpc) is 2.36. The van der Waals surface area contributed by atoms with Gasteiger partial charge in [0.05, 0.1) is 0 Å². The normalized spacial score (nSPS) is 39.1. The first kappa shape index (κ1) is 15.8. The van der Waals surface area contributed by atoms with E-state index in [1.165, 1.54) is 25.7 Å². The highest BCUT2D eigenvalue weighted by atomic mass is 14.9. The van der Waals surface area contributed by atoms with E-state index in [4.69, 9.17) is 0 Å². The molecule has 0 aromatic heterocycles. The van der Waals surface area contributed by atoms with Gasteiger partial charge in [-0.15, -0.1) is 0 Å². The van der Waals surface area contributed by atoms with Crippen LogP contribution in [0.15, 0.2) is 0 Å². The Hall–Kier alpha value is -0.0400. The molecule has 122 valence electrons. The zero-order valence-electron chi connectivity index (χ0n) is 14.7. The van der Waals surface area contributed by atoms with Crippen LogP contribution in [0.5, 0.6) is 0 Å². The average molecular weight is 292 g/mol. The zero-order chi connectivity index (χ0) is 14.9. The van der Waals surface area contributed by atoms with E-state index in [0.717, 1.165) is 41.7 Å². The van der Waals surface area contributed by atoms with Crippen LogP contribution in [0.1, 0.15) is 85.0 Å². The Morgan fingerprint density at radius 1 is 0.952 bits per heavy atom. The highest BCUT2D eigenvalue weighted by molar-refractivity contribution is 5.02. The second-order valence-corrected chi connectivity index (χ2v) is 9.20. The molecular formula is C20H37N. The van der Waals surface area contributed by atoms with Crippen LogP contribution in [-0.4, -0.2) is 12.6 Å². The molecule has 1 nitrogen and oxygen atoms in total. The summed E-state index contributed by atoms with van der Waals surface area (Å²) in [6.07, 6.45) is 15.2. The standard InChI is InChI=1S/C20H37N/c1-4-21-19(7-5-6-15(2)3)14-20-11-16-8-17(12-20)10-18(9-16)13-20/h15-19,21H,4-14H2,1-3H3. The maximum absolute atomic E-state index is 3.83. The van der Waals surface area contributed by atoms with E-state index in [2.05, 4.69) is 26.1 Å². The third-order valence-corrected chi connectivity index (χ3v) is 6.67. The Balaban J connectivity index is 1.57. The Labute approximate surface area is 132 Å². The molecule has 1 heteroatoms. The summed E-state index contributed by atoms with van der Waals surface area (Å²) < 4.78 is 0. The molecule has 0 aliphatic heterocycles. The summed E-state index contributed by atoms with van der Waals surface area (Å²) in [4.78, 5) is 0. The minimum absolute atomic E-state index is 0.749. The number of hydrogen-bond acceptors (Lipinski definition) is 1. The number of rotatable bonds is 8. The molecule has 4 saturated carbocycles. The summed E-state index contributed by atoms with van der Waals surface area (Å²) in [6.45, 7) is 8.16. The van der Waals surface area contributed by atoms with E-state index in [1.54, 1.807) is 38.5 Å². The fourth-order valence-corrected chi connectivity index (χ4v) is 6.40. The lowest BCUT2D eigenvalue weighted by Crippen LogP contribution is -2.48. The second-order valence-electron chi connectivity index (χ2n) is 9.20. The van der Waals surface area contributed by atoms with Crippen molar-refractivity contribution in [2.75, 3.05) is 6.54 Å². The minimum Gasteiger partial charge on any atom is -0.314 e. The molecule has 4 aliphatic carbocycles. The molecule has 4 aliphatic rings. The lowest BCUT2D eigenvalue weighted by Gasteiger charge is -2.57. The molecule has 21 heavy (non-hydrogen) atoms. The van der Waals surface area contributed by atoms with Crippen molar-refractivity contribution in [2.24, 2.45) is 29.1 Å². The van der Waals surface area contributed by atoms with Crippen molar-refractivity contribution < 1.29 is 0 Å². The minimum atomic E-state index is 0.749. The van der Waals surface area contributed by atoms with Crippen molar-refractivity contribution in [3.8, 4) is 0 Å². The largest absolute Gasteiger partial charge is 0.314 e. The molecule has 0 radical (unpaired) electrons. The molecule has 0 aromatic rings. The van der Waals surface area contributed by atoms with Gasteiger partial charge in [-0.05, 0) is 87.0 Å². The maximum atomic E-state index is 3.83. The zero-order valence-corrected chi connectivity index (χ0v) is 14.7. The van der Waals surface area contributed by atoms with Gasteiger partial charge in [-0.2, -0.15) is 0 Å². The van der Waals surface area contributed by atoms with E-state index >= 15 is 0 Å². The van der Waals surface area contributed by atoms with Gasteiger partial charge in [0.15, 0.2) is 0 Å². The van der Waals surface area contributed by atoms with Crippen LogP contribution in [0.4, 0.5) is 0 Å². The Bertz CT molecular complexity index is 297. The van der Waals surface area contributed by atoms with Gasteiger partial charge < -0.3 is 5.32 Å². The molecule has 0 saturated heterocycles. The van der Waals surface area contributed by atoms with Gasteiger partial charge in [-0.3, -0.25) is 0 Å². The summed E-state index contributed by atoms with van der Waals surface area (Å²) in [5.41, 5.74) is 0.749. The lowest BCUT2D eigenvalue weighted by atomic mass is 9.48. The second kappa shape index (κ2) is 6.60. The monoisotopic (exact) mass is 291 g/mol. The van der Waals surface area contributed by atoms with Crippen molar-refractivity contribution in [3.05, 3.63) is 0 Å². The molecule has 4 bridgehead atoms. The predicted molar refractivity (Wildman–Crippen MR) is 91.4 cm³/mol. The highest BCUT2D eigenvalue weighted by Gasteiger charge is 2.51. The summed E-state index contributed by atoms with van der Waals surface area (Å²) >= 11 is 0. The summed E-state index contributed by atoms with van der Waals surface area (Å²) in [5, 5.41) is 3.83. The molecule has 0 spiro atoms. The van der Waals surface area contributed by atoms with Crippen molar-refractivity contribution in [3.63, 3.8) is 0 Å². The van der Waals surface area contributed by atoms with Crippen LogP contribution in [0.25, 0.3) is 0 Å². The van der Waals surface area contributed by atoms with E-state index in [0.29, 0.717) is 0 Å². The number of hydrogen-bond donors (Lipinski definition) is 1. The van der Waals surface area contributed by atoms with Crippen molar-refractivity contribution in [1.29, 1.82) is 0 Å². The molecular weight excluding hydrogens is 254 g/mol. The van der Waals surface area contributed by atoms with Crippen LogP contribution < -0.4 is 5.32 Å². The van der Waals surface area contributed by atoms with Crippen molar-refractivity contribution in [1.82, 2.24) is 5.32 Å². The van der Waals surface area contributed by atoms with Crippen molar-refractivity contribution in [2.45, 2.75) is 91.0 Å². The molecule has 0 amide bonds. The van der Waals surface area contributed by atoms with Crippen molar-refractivity contribution >= 4 is 0 Å². The van der Waals surface area contributed by atoms with Gasteiger partial charge in [-0.1, -0.05) is 33.6 Å². The lowest BCUT2D eigenvalue weighted by molar-refractivity contribution is -0.0624. The molecule has 0 aromatic carbocycles. The van der Waals surface area contributed by atoms with Gasteiger partial charge in [0.1, 0.15) is 0 Å². The molecule has 1 atom stereocenters. The fourth-order valence-electron chi connectivity index (χ4n) is 6.40. The molecule has 1 unspecified atom stereocenters. The van der Waals surface area contributed by atoms with Gasteiger partial charge in [0.25, 0.3) is 0 Å². The molecule has 1 N–H and O–H groups in total. The van der Waals surface area contributed by atoms with Crippen LogP contribution in [0.3, 0.4) is 0 Å². The topological polar surface area (TPSA) is 12.0 Å². The van der Waals surface area contributed by atoms with Crippen LogP contribution in [0.2, 0.25) is 0 Å². The van der Waals surface area contributed by atoms with Crippen LogP contribution in [-0.2, 0) is 0 Å². The maximum Gasteiger partial charge on any atom is 0.00722 e. The summed E-state index contributed by atoms with van der Waals surface area (Å²) in [7, 11) is 0. The van der Waals surface area contributed by atoms with Gasteiger partial charge >= 0.3 is 0 Å². The number of nitrogens with one attached hydrogen (secondary N) is 1. The van der Waals surface area contributed by atoms with E-state index in [1.807, 2.05) is 0 Å². The molecule has 0 heterocycles. The van der Waals surface area contributed by atoms with Crippen LogP contribution >= 0.6 is 0 Å². The summed E-state index contributed by atoms with van der Waals surface area (Å²) in [6, 6.07) is 0.796. The van der Waals surface area contributed by atoms with E-state index in [9.17, 15) is 0 Å².